The normalized spacial score (nSPS) is 12.9. The highest BCUT2D eigenvalue weighted by Crippen LogP contribution is 2.38. The minimum atomic E-state index is -2.76. The summed E-state index contributed by atoms with van der Waals surface area (Å²) in [7, 11) is -2.76. The van der Waals surface area contributed by atoms with Crippen LogP contribution in [0.25, 0.3) is 0 Å². The third kappa shape index (κ3) is 8.27. The number of rotatable bonds is 15. The minimum absolute atomic E-state index is 0.141. The highest BCUT2D eigenvalue weighted by atomic mass is 28.4. The molecule has 0 amide bonds. The smallest absolute Gasteiger partial charge is 0.261 e. The van der Waals surface area contributed by atoms with E-state index in [1.165, 1.54) is 10.4 Å². The number of carbonyl (C=O) groups excluding carboxylic acids is 1. The largest absolute Gasteiger partial charge is 0.491 e. The van der Waals surface area contributed by atoms with Crippen LogP contribution >= 0.6 is 0 Å². The highest BCUT2D eigenvalue weighted by molar-refractivity contribution is 6.99. The molecule has 0 aromatic heterocycles. The van der Waals surface area contributed by atoms with Gasteiger partial charge in [0, 0.05) is 12.8 Å². The van der Waals surface area contributed by atoms with Gasteiger partial charge in [-0.2, -0.15) is 0 Å². The van der Waals surface area contributed by atoms with Gasteiger partial charge in [-0.3, -0.25) is 4.79 Å². The van der Waals surface area contributed by atoms with Crippen molar-refractivity contribution >= 4 is 24.5 Å². The molecule has 202 valence electrons. The average Bonchev–Trinajstić information content (AvgIpc) is 2.93. The lowest BCUT2D eigenvalue weighted by Gasteiger charge is -2.45. The van der Waals surface area contributed by atoms with Gasteiger partial charge >= 0.3 is 0 Å². The van der Waals surface area contributed by atoms with Gasteiger partial charge in [0.05, 0.1) is 6.10 Å². The van der Waals surface area contributed by atoms with Crippen LogP contribution in [-0.2, 0) is 9.22 Å². The first-order valence-corrected chi connectivity index (χ1v) is 15.9. The molecule has 3 rings (SSSR count). The number of hydrogen-bond acceptors (Lipinski definition) is 3. The second-order valence-electron chi connectivity index (χ2n) is 10.9. The molecule has 0 bridgehead atoms. The maximum Gasteiger partial charge on any atom is 0.261 e. The summed E-state index contributed by atoms with van der Waals surface area (Å²) in [5, 5.41) is 2.33. The molecule has 0 radical (unpaired) electrons. The van der Waals surface area contributed by atoms with Crippen LogP contribution in [-0.4, -0.2) is 26.8 Å². The zero-order chi connectivity index (χ0) is 27.3. The van der Waals surface area contributed by atoms with E-state index < -0.39 is 8.32 Å². The molecule has 3 nitrogen and oxygen atoms in total. The highest BCUT2D eigenvalue weighted by Gasteiger charge is 2.51. The van der Waals surface area contributed by atoms with Crippen molar-refractivity contribution < 1.29 is 14.0 Å². The van der Waals surface area contributed by atoms with Crippen molar-refractivity contribution in [2.75, 3.05) is 6.61 Å². The monoisotopic (exact) mass is 528 g/mol. The fourth-order valence-electron chi connectivity index (χ4n) is 5.02. The molecule has 0 aliphatic carbocycles. The fourth-order valence-corrected chi connectivity index (χ4v) is 9.72. The minimum Gasteiger partial charge on any atom is -0.491 e. The van der Waals surface area contributed by atoms with Crippen LogP contribution in [0.15, 0.2) is 103 Å². The summed E-state index contributed by atoms with van der Waals surface area (Å²) in [6.07, 6.45) is 8.82. The van der Waals surface area contributed by atoms with Crippen LogP contribution < -0.4 is 15.1 Å². The molecule has 0 aliphatic rings. The Labute approximate surface area is 231 Å². The lowest BCUT2D eigenvalue weighted by molar-refractivity contribution is -0.119. The third-order valence-electron chi connectivity index (χ3n) is 7.00. The predicted octanol–water partition coefficient (Wildman–Crippen LogP) is 7.50. The van der Waals surface area contributed by atoms with Gasteiger partial charge in [0.2, 0.25) is 0 Å². The lowest BCUT2D eigenvalue weighted by atomic mass is 10.1. The number of para-hydroxylation sites is 1. The van der Waals surface area contributed by atoms with Crippen molar-refractivity contribution in [3.63, 3.8) is 0 Å². The molecule has 0 fully saturated rings. The van der Waals surface area contributed by atoms with Crippen molar-refractivity contribution in [1.29, 1.82) is 0 Å². The van der Waals surface area contributed by atoms with E-state index in [2.05, 4.69) is 93.6 Å². The van der Waals surface area contributed by atoms with Gasteiger partial charge < -0.3 is 9.16 Å². The van der Waals surface area contributed by atoms with Gasteiger partial charge in [-0.05, 0) is 60.2 Å². The van der Waals surface area contributed by atoms with Crippen LogP contribution in [0.4, 0.5) is 0 Å². The van der Waals surface area contributed by atoms with Gasteiger partial charge in [-0.25, -0.2) is 0 Å². The lowest BCUT2D eigenvalue weighted by Crippen LogP contribution is -2.68. The van der Waals surface area contributed by atoms with E-state index in [1.54, 1.807) is 0 Å². The molecular weight excluding hydrogens is 484 g/mol. The van der Waals surface area contributed by atoms with E-state index >= 15 is 0 Å². The molecule has 0 spiro atoms. The van der Waals surface area contributed by atoms with Gasteiger partial charge in [0.25, 0.3) is 8.32 Å². The van der Waals surface area contributed by atoms with Crippen LogP contribution in [0.3, 0.4) is 0 Å². The third-order valence-corrected chi connectivity index (χ3v) is 12.1. The Morgan fingerprint density at radius 3 is 1.89 bits per heavy atom. The number of allylic oxidation sites excluding steroid dienone is 2. The van der Waals surface area contributed by atoms with Gasteiger partial charge in [-0.15, -0.1) is 0 Å². The molecule has 3 aromatic carbocycles. The standard InChI is InChI=1S/C34H44O3Si/c1-5-6-7-8-12-19-29(35)26-27-31(28-36-30-20-13-9-14-21-30)37-38(34(2,3)4,32-22-15-10-16-23-32)33-24-17-11-18-25-33/h5-6,9-11,13-18,20-25,31H,7-8,12,19,26-28H2,1-4H3/b6-5+. The Morgan fingerprint density at radius 1 is 0.816 bits per heavy atom. The zero-order valence-electron chi connectivity index (χ0n) is 23.6. The number of ether oxygens (including phenoxy) is 1. The quantitative estimate of drug-likeness (QED) is 0.116. The van der Waals surface area contributed by atoms with E-state index in [9.17, 15) is 4.79 Å². The summed E-state index contributed by atoms with van der Waals surface area (Å²) < 4.78 is 13.6. The Hall–Kier alpha value is -2.95. The summed E-state index contributed by atoms with van der Waals surface area (Å²) in [5.41, 5.74) is 0. The number of hydrogen-bond donors (Lipinski definition) is 0. The average molecular weight is 529 g/mol. The van der Waals surface area contributed by atoms with E-state index in [4.69, 9.17) is 9.16 Å². The molecule has 0 heterocycles. The summed E-state index contributed by atoms with van der Waals surface area (Å²) >= 11 is 0. The van der Waals surface area contributed by atoms with Crippen LogP contribution in [0.2, 0.25) is 5.04 Å². The first-order chi connectivity index (χ1) is 18.4. The number of unbranched alkanes of at least 4 members (excludes halogenated alkanes) is 2. The van der Waals surface area contributed by atoms with E-state index in [0.717, 1.165) is 25.0 Å². The van der Waals surface area contributed by atoms with Crippen molar-refractivity contribution in [2.24, 2.45) is 0 Å². The van der Waals surface area contributed by atoms with Crippen molar-refractivity contribution in [1.82, 2.24) is 0 Å². The van der Waals surface area contributed by atoms with E-state index in [1.807, 2.05) is 37.3 Å². The maximum atomic E-state index is 12.9. The maximum absolute atomic E-state index is 12.9. The van der Waals surface area contributed by atoms with E-state index in [-0.39, 0.29) is 11.1 Å². The topological polar surface area (TPSA) is 35.5 Å². The van der Waals surface area contributed by atoms with Crippen molar-refractivity contribution in [3.05, 3.63) is 103 Å². The molecule has 3 aromatic rings. The van der Waals surface area contributed by atoms with Crippen LogP contribution in [0, 0.1) is 0 Å². The van der Waals surface area contributed by atoms with Crippen molar-refractivity contribution in [2.45, 2.75) is 77.4 Å². The molecule has 0 saturated heterocycles. The zero-order valence-corrected chi connectivity index (χ0v) is 24.6. The molecule has 4 heteroatoms. The number of carbonyl (C=O) groups is 1. The second kappa shape index (κ2) is 14.8. The number of benzene rings is 3. The summed E-state index contributed by atoms with van der Waals surface area (Å²) in [6.45, 7) is 9.29. The summed E-state index contributed by atoms with van der Waals surface area (Å²) in [4.78, 5) is 12.9. The van der Waals surface area contributed by atoms with Gasteiger partial charge in [-0.1, -0.05) is 112 Å². The van der Waals surface area contributed by atoms with E-state index in [0.29, 0.717) is 31.7 Å². The Morgan fingerprint density at radius 2 is 1.37 bits per heavy atom. The van der Waals surface area contributed by atoms with Crippen molar-refractivity contribution in [3.8, 4) is 5.75 Å². The SMILES string of the molecule is C/C=C/CCCCC(=O)CCC(COc1ccccc1)O[Si](c1ccccc1)(c1ccccc1)C(C)(C)C. The Bertz CT molecular complexity index is 1070. The first-order valence-electron chi connectivity index (χ1n) is 14.0. The molecule has 1 unspecified atom stereocenters. The summed E-state index contributed by atoms with van der Waals surface area (Å²) in [5.74, 6) is 1.13. The van der Waals surface area contributed by atoms with Gasteiger partial charge in [0.15, 0.2) is 0 Å². The molecule has 38 heavy (non-hydrogen) atoms. The van der Waals surface area contributed by atoms with Crippen LogP contribution in [0.1, 0.15) is 66.2 Å². The molecule has 0 saturated carbocycles. The summed E-state index contributed by atoms with van der Waals surface area (Å²) in [6, 6.07) is 31.2. The Balaban J connectivity index is 1.88. The van der Waals surface area contributed by atoms with Crippen LogP contribution in [0.5, 0.6) is 5.75 Å². The first kappa shape index (κ1) is 29.6. The van der Waals surface area contributed by atoms with Gasteiger partial charge in [0.1, 0.15) is 18.1 Å². The molecule has 1 atom stereocenters. The Kier molecular flexibility index (Phi) is 11.6. The molecule has 0 aliphatic heterocycles. The second-order valence-corrected chi connectivity index (χ2v) is 15.2. The fraction of sp³-hybridized carbons (Fsp3) is 0.382. The molecular formula is C34H44O3Si. The predicted molar refractivity (Wildman–Crippen MR) is 162 cm³/mol. The number of ketones is 1. The number of Topliss-reactive ketones (excluding diaryl/α,β-unsaturated/α-hetero) is 1. The molecule has 0 N–H and O–H groups in total.